The summed E-state index contributed by atoms with van der Waals surface area (Å²) in [6.07, 6.45) is 0. The Hall–Kier alpha value is -4.78. The van der Waals surface area contributed by atoms with Gasteiger partial charge in [-0.05, 0) is 36.8 Å². The molecule has 2 heterocycles. The highest BCUT2D eigenvalue weighted by Gasteiger charge is 2.16. The first-order valence-electron chi connectivity index (χ1n) is 11.2. The molecule has 1 N–H and O–H groups in total. The van der Waals surface area contributed by atoms with Crippen LogP contribution in [0.2, 0.25) is 0 Å². The largest absolute Gasteiger partial charge is 0.305 e. The molecule has 0 fully saturated rings. The van der Waals surface area contributed by atoms with Crippen LogP contribution in [0.1, 0.15) is 21.6 Å². The Morgan fingerprint density at radius 3 is 2.31 bits per heavy atom. The first-order valence-corrected chi connectivity index (χ1v) is 11.2. The maximum absolute atomic E-state index is 13.2. The molecule has 0 saturated carbocycles. The molecule has 7 heteroatoms. The second-order valence-corrected chi connectivity index (χ2v) is 8.19. The lowest BCUT2D eigenvalue weighted by Crippen LogP contribution is -2.25. The van der Waals surface area contributed by atoms with Gasteiger partial charge in [-0.3, -0.25) is 9.59 Å². The van der Waals surface area contributed by atoms with Gasteiger partial charge < -0.3 is 5.32 Å². The van der Waals surface area contributed by atoms with E-state index in [1.165, 1.54) is 16.8 Å². The highest BCUT2D eigenvalue weighted by Crippen LogP contribution is 2.24. The number of para-hydroxylation sites is 1. The molecule has 0 aliphatic rings. The zero-order chi connectivity index (χ0) is 24.2. The molecule has 0 bridgehead atoms. The number of carbonyl (C=O) groups is 1. The van der Waals surface area contributed by atoms with Gasteiger partial charge in [0.25, 0.3) is 11.5 Å². The van der Waals surface area contributed by atoms with Crippen molar-refractivity contribution < 1.29 is 4.79 Å². The van der Waals surface area contributed by atoms with E-state index in [1.54, 1.807) is 16.8 Å². The maximum Gasteiger partial charge on any atom is 0.277 e. The van der Waals surface area contributed by atoms with Crippen LogP contribution < -0.4 is 10.9 Å². The van der Waals surface area contributed by atoms with E-state index in [0.717, 1.165) is 22.4 Å². The minimum Gasteiger partial charge on any atom is -0.305 e. The van der Waals surface area contributed by atoms with Crippen LogP contribution in [0.3, 0.4) is 0 Å². The maximum atomic E-state index is 13.2. The Labute approximate surface area is 202 Å². The Morgan fingerprint density at radius 2 is 1.57 bits per heavy atom. The van der Waals surface area contributed by atoms with Crippen molar-refractivity contribution in [3.8, 4) is 16.9 Å². The van der Waals surface area contributed by atoms with Gasteiger partial charge in [-0.15, -0.1) is 0 Å². The Kier molecular flexibility index (Phi) is 6.05. The fraction of sp³-hybridized carbons (Fsp3) is 0.0714. The number of aryl methyl sites for hydroxylation is 1. The van der Waals surface area contributed by atoms with E-state index < -0.39 is 5.91 Å². The topological polar surface area (TPSA) is 81.8 Å². The average Bonchev–Trinajstić information content (AvgIpc) is 3.27. The molecule has 35 heavy (non-hydrogen) atoms. The van der Waals surface area contributed by atoms with E-state index in [9.17, 15) is 9.59 Å². The second kappa shape index (κ2) is 9.61. The number of amides is 1. The Morgan fingerprint density at radius 1 is 0.829 bits per heavy atom. The summed E-state index contributed by atoms with van der Waals surface area (Å²) < 4.78 is 2.98. The number of nitrogens with zero attached hydrogens (tertiary/aromatic N) is 4. The molecule has 0 saturated heterocycles. The smallest absolute Gasteiger partial charge is 0.277 e. The van der Waals surface area contributed by atoms with E-state index in [2.05, 4.69) is 16.5 Å². The fourth-order valence-corrected chi connectivity index (χ4v) is 3.81. The minimum absolute atomic E-state index is 0.123. The molecule has 172 valence electrons. The lowest BCUT2D eigenvalue weighted by Gasteiger charge is -2.10. The van der Waals surface area contributed by atoms with Crippen molar-refractivity contribution in [2.45, 2.75) is 13.5 Å². The third-order valence-electron chi connectivity index (χ3n) is 5.54. The minimum atomic E-state index is -0.431. The molecule has 0 aliphatic heterocycles. The van der Waals surface area contributed by atoms with Crippen LogP contribution in [0, 0.1) is 6.92 Å². The van der Waals surface area contributed by atoms with Crippen molar-refractivity contribution in [3.63, 3.8) is 0 Å². The molecule has 0 radical (unpaired) electrons. The molecular weight excluding hydrogens is 438 g/mol. The van der Waals surface area contributed by atoms with Gasteiger partial charge in [0, 0.05) is 17.7 Å². The van der Waals surface area contributed by atoms with Gasteiger partial charge in [-0.1, -0.05) is 72.3 Å². The van der Waals surface area contributed by atoms with Gasteiger partial charge in [-0.25, -0.2) is 4.68 Å². The monoisotopic (exact) mass is 461 g/mol. The summed E-state index contributed by atoms with van der Waals surface area (Å²) in [6, 6.07) is 31.6. The summed E-state index contributed by atoms with van der Waals surface area (Å²) in [5.41, 5.74) is 4.28. The van der Waals surface area contributed by atoms with Crippen LogP contribution in [0.4, 0.5) is 5.82 Å². The number of hydrogen-bond donors (Lipinski definition) is 1. The summed E-state index contributed by atoms with van der Waals surface area (Å²) in [6.45, 7) is 2.51. The lowest BCUT2D eigenvalue weighted by molar-refractivity contribution is 0.101. The predicted molar refractivity (Wildman–Crippen MR) is 136 cm³/mol. The third-order valence-corrected chi connectivity index (χ3v) is 5.54. The van der Waals surface area contributed by atoms with Crippen molar-refractivity contribution in [3.05, 3.63) is 130 Å². The molecule has 3 aromatic carbocycles. The first kappa shape index (κ1) is 22.0. The number of rotatable bonds is 6. The molecule has 0 spiro atoms. The van der Waals surface area contributed by atoms with E-state index in [1.807, 2.05) is 79.7 Å². The molecule has 5 aromatic rings. The van der Waals surface area contributed by atoms with E-state index in [-0.39, 0.29) is 11.3 Å². The van der Waals surface area contributed by atoms with Gasteiger partial charge in [-0.2, -0.15) is 14.9 Å². The quantitative estimate of drug-likeness (QED) is 0.397. The molecule has 1 amide bonds. The molecular formula is C28H23N5O2. The Bertz CT molecular complexity index is 1540. The second-order valence-electron chi connectivity index (χ2n) is 8.19. The van der Waals surface area contributed by atoms with Gasteiger partial charge in [0.2, 0.25) is 0 Å². The number of carbonyl (C=O) groups excluding carboxylic acids is 1. The zero-order valence-corrected chi connectivity index (χ0v) is 19.1. The van der Waals surface area contributed by atoms with Crippen molar-refractivity contribution in [1.82, 2.24) is 19.6 Å². The third kappa shape index (κ3) is 4.94. The van der Waals surface area contributed by atoms with Crippen LogP contribution in [0.15, 0.2) is 108 Å². The van der Waals surface area contributed by atoms with Crippen molar-refractivity contribution in [1.29, 1.82) is 0 Å². The van der Waals surface area contributed by atoms with Crippen molar-refractivity contribution >= 4 is 11.7 Å². The number of nitrogens with one attached hydrogen (secondary N) is 1. The van der Waals surface area contributed by atoms with Crippen molar-refractivity contribution in [2.24, 2.45) is 0 Å². The highest BCUT2D eigenvalue weighted by molar-refractivity contribution is 6.02. The standard InChI is InChI=1S/C28H23N5O2/c1-20-9-8-12-22(17-20)25-18-26(32(30-25)19-21-10-4-2-5-11-21)29-28(35)24-15-16-27(34)33(31-24)23-13-6-3-7-14-23/h2-18H,19H2,1H3,(H,29,35). The van der Waals surface area contributed by atoms with E-state index in [4.69, 9.17) is 5.10 Å². The predicted octanol–water partition coefficient (Wildman–Crippen LogP) is 4.71. The molecule has 5 rings (SSSR count). The summed E-state index contributed by atoms with van der Waals surface area (Å²) in [5, 5.41) is 12.0. The van der Waals surface area contributed by atoms with Crippen LogP contribution in [-0.4, -0.2) is 25.5 Å². The lowest BCUT2D eigenvalue weighted by atomic mass is 10.1. The van der Waals surface area contributed by atoms with Gasteiger partial charge in [0.1, 0.15) is 11.5 Å². The highest BCUT2D eigenvalue weighted by atomic mass is 16.2. The van der Waals surface area contributed by atoms with Crippen LogP contribution in [0.5, 0.6) is 0 Å². The summed E-state index contributed by atoms with van der Waals surface area (Å²) in [7, 11) is 0. The molecule has 2 aromatic heterocycles. The van der Waals surface area contributed by atoms with Crippen molar-refractivity contribution in [2.75, 3.05) is 5.32 Å². The normalized spacial score (nSPS) is 10.8. The summed E-state index contributed by atoms with van der Waals surface area (Å²) in [5.74, 6) is 0.106. The fourth-order valence-electron chi connectivity index (χ4n) is 3.81. The molecule has 0 atom stereocenters. The SMILES string of the molecule is Cc1cccc(-c2cc(NC(=O)c3ccc(=O)n(-c4ccccc4)n3)n(Cc3ccccc3)n2)c1. The number of hydrogen-bond acceptors (Lipinski definition) is 4. The van der Waals surface area contributed by atoms with Gasteiger partial charge in [0.05, 0.1) is 17.9 Å². The molecule has 0 aliphatic carbocycles. The Balaban J connectivity index is 1.49. The van der Waals surface area contributed by atoms with Crippen LogP contribution in [-0.2, 0) is 6.54 Å². The number of anilines is 1. The molecule has 7 nitrogen and oxygen atoms in total. The van der Waals surface area contributed by atoms with Crippen LogP contribution >= 0.6 is 0 Å². The number of benzene rings is 3. The average molecular weight is 462 g/mol. The first-order chi connectivity index (χ1) is 17.1. The van der Waals surface area contributed by atoms with E-state index >= 15 is 0 Å². The van der Waals surface area contributed by atoms with Gasteiger partial charge >= 0.3 is 0 Å². The van der Waals surface area contributed by atoms with Gasteiger partial charge in [0.15, 0.2) is 0 Å². The number of aromatic nitrogens is 4. The van der Waals surface area contributed by atoms with E-state index in [0.29, 0.717) is 18.1 Å². The molecule has 0 unspecified atom stereocenters. The zero-order valence-electron chi connectivity index (χ0n) is 19.1. The summed E-state index contributed by atoms with van der Waals surface area (Å²) >= 11 is 0. The summed E-state index contributed by atoms with van der Waals surface area (Å²) in [4.78, 5) is 25.5. The van der Waals surface area contributed by atoms with Crippen LogP contribution in [0.25, 0.3) is 16.9 Å².